The van der Waals surface area contributed by atoms with E-state index < -0.39 is 14.1 Å². The zero-order valence-corrected chi connectivity index (χ0v) is 25.8. The van der Waals surface area contributed by atoms with Crippen LogP contribution in [0.5, 0.6) is 5.75 Å². The average molecular weight is 614 g/mol. The van der Waals surface area contributed by atoms with Crippen molar-refractivity contribution in [3.8, 4) is 5.75 Å². The number of benzene rings is 3. The molecule has 1 aliphatic carbocycles. The van der Waals surface area contributed by atoms with Crippen molar-refractivity contribution in [2.75, 3.05) is 26.4 Å². The third-order valence-corrected chi connectivity index (χ3v) is 9.04. The first-order valence-electron chi connectivity index (χ1n) is 14.3. The van der Waals surface area contributed by atoms with Crippen molar-refractivity contribution < 1.29 is 23.5 Å². The van der Waals surface area contributed by atoms with Gasteiger partial charge in [-0.05, 0) is 60.3 Å². The molecular formula is C34H39ClF2NO3P. The normalized spacial score (nSPS) is 15.0. The van der Waals surface area contributed by atoms with Gasteiger partial charge in [0.25, 0.3) is 5.92 Å². The molecule has 0 saturated heterocycles. The monoisotopic (exact) mass is 613 g/mol. The molecule has 0 amide bonds. The first-order chi connectivity index (χ1) is 20.2. The fraction of sp³-hybridized carbons (Fsp3) is 0.353. The Balaban J connectivity index is 1.55. The summed E-state index contributed by atoms with van der Waals surface area (Å²) in [6, 6.07) is 20.6. The van der Waals surface area contributed by atoms with Crippen LogP contribution >= 0.6 is 19.7 Å². The smallest absolute Gasteiger partial charge is 0.271 e. The molecule has 0 spiro atoms. The van der Waals surface area contributed by atoms with Crippen LogP contribution in [-0.2, 0) is 19.1 Å². The first-order valence-corrected chi connectivity index (χ1v) is 16.4. The van der Waals surface area contributed by atoms with Gasteiger partial charge in [-0.15, -0.1) is 0 Å². The third-order valence-electron chi connectivity index (χ3n) is 7.48. The Kier molecular flexibility index (Phi) is 11.7. The molecule has 0 aromatic heterocycles. The SMILES string of the molecule is CP(O)c1cc(OCCCN(Cc2cccc(C(C)(F)F)c2Cl)CC(C2=CCCC=C2)c2ccccc2)ccc1CO. The van der Waals surface area contributed by atoms with Gasteiger partial charge >= 0.3 is 0 Å². The van der Waals surface area contributed by atoms with Gasteiger partial charge < -0.3 is 14.7 Å². The first kappa shape index (κ1) is 32.3. The number of halogens is 3. The topological polar surface area (TPSA) is 52.9 Å². The van der Waals surface area contributed by atoms with Gasteiger partial charge in [0.2, 0.25) is 0 Å². The number of allylic oxidation sites excluding steroid dienone is 3. The highest BCUT2D eigenvalue weighted by Gasteiger charge is 2.29. The predicted molar refractivity (Wildman–Crippen MR) is 169 cm³/mol. The number of aliphatic hydroxyl groups is 1. The van der Waals surface area contributed by atoms with E-state index in [2.05, 4.69) is 35.3 Å². The lowest BCUT2D eigenvalue weighted by molar-refractivity contribution is 0.0174. The molecule has 0 heterocycles. The van der Waals surface area contributed by atoms with Gasteiger partial charge in [0.05, 0.1) is 26.4 Å². The number of nitrogens with zero attached hydrogens (tertiary/aromatic N) is 1. The summed E-state index contributed by atoms with van der Waals surface area (Å²) in [5, 5.41) is 10.4. The number of ether oxygens (including phenoxy) is 1. The van der Waals surface area contributed by atoms with E-state index in [1.54, 1.807) is 30.9 Å². The number of hydrogen-bond acceptors (Lipinski definition) is 4. The molecule has 2 N–H and O–H groups in total. The van der Waals surface area contributed by atoms with Crippen molar-refractivity contribution >= 4 is 25.1 Å². The number of rotatable bonds is 14. The van der Waals surface area contributed by atoms with Crippen LogP contribution in [0, 0.1) is 0 Å². The Morgan fingerprint density at radius 3 is 2.50 bits per heavy atom. The van der Waals surface area contributed by atoms with Gasteiger partial charge in [-0.1, -0.05) is 84.4 Å². The van der Waals surface area contributed by atoms with Gasteiger partial charge in [-0.3, -0.25) is 4.90 Å². The van der Waals surface area contributed by atoms with Gasteiger partial charge in [-0.25, -0.2) is 8.78 Å². The highest BCUT2D eigenvalue weighted by atomic mass is 35.5. The second-order valence-electron chi connectivity index (χ2n) is 10.7. The van der Waals surface area contributed by atoms with Gasteiger partial charge in [0, 0.05) is 43.3 Å². The maximum absolute atomic E-state index is 14.3. The largest absolute Gasteiger partial charge is 0.494 e. The van der Waals surface area contributed by atoms with Crippen LogP contribution in [0.25, 0.3) is 0 Å². The maximum atomic E-state index is 14.3. The molecule has 3 aromatic rings. The summed E-state index contributed by atoms with van der Waals surface area (Å²) in [5.41, 5.74) is 3.65. The van der Waals surface area contributed by atoms with Gasteiger partial charge in [-0.2, -0.15) is 0 Å². The van der Waals surface area contributed by atoms with Crippen molar-refractivity contribution in [1.82, 2.24) is 4.90 Å². The van der Waals surface area contributed by atoms with E-state index in [9.17, 15) is 18.8 Å². The number of hydrogen-bond donors (Lipinski definition) is 2. The van der Waals surface area contributed by atoms with Gasteiger partial charge in [0.1, 0.15) is 5.75 Å². The molecule has 4 nitrogen and oxygen atoms in total. The molecule has 224 valence electrons. The minimum atomic E-state index is -3.03. The Morgan fingerprint density at radius 1 is 1.05 bits per heavy atom. The number of alkyl halides is 2. The lowest BCUT2D eigenvalue weighted by atomic mass is 9.87. The zero-order valence-electron chi connectivity index (χ0n) is 24.1. The molecule has 3 aromatic carbocycles. The lowest BCUT2D eigenvalue weighted by Gasteiger charge is -2.30. The molecule has 8 heteroatoms. The van der Waals surface area contributed by atoms with E-state index in [4.69, 9.17) is 16.3 Å². The van der Waals surface area contributed by atoms with E-state index in [-0.39, 0.29) is 23.1 Å². The van der Waals surface area contributed by atoms with Gasteiger partial charge in [0.15, 0.2) is 0 Å². The minimum absolute atomic E-state index is 0.107. The van der Waals surface area contributed by atoms with Crippen LogP contribution in [0.15, 0.2) is 90.5 Å². The highest BCUT2D eigenvalue weighted by Crippen LogP contribution is 2.36. The summed E-state index contributed by atoms with van der Waals surface area (Å²) in [6.45, 7) is 4.65. The van der Waals surface area contributed by atoms with Crippen LogP contribution in [-0.4, -0.2) is 41.3 Å². The molecule has 0 aliphatic heterocycles. The lowest BCUT2D eigenvalue weighted by Crippen LogP contribution is -2.31. The standard InChI is InChI=1S/C34H39ClF2NO3P/c1-34(36,37)31-16-9-15-27(33(31)35)22-38(19-10-20-41-29-18-17-28(24-39)32(21-29)42(2)40)23-30(25-11-5-3-6-12-25)26-13-7-4-8-14-26/h3,5-7,9,11-18,21,30,39-40H,4,8,10,19-20,22-24H2,1-2H3. The summed E-state index contributed by atoms with van der Waals surface area (Å²) in [4.78, 5) is 12.4. The van der Waals surface area contributed by atoms with Crippen molar-refractivity contribution in [2.24, 2.45) is 0 Å². The Morgan fingerprint density at radius 2 is 1.83 bits per heavy atom. The van der Waals surface area contributed by atoms with E-state index in [0.29, 0.717) is 54.8 Å². The van der Waals surface area contributed by atoms with Crippen LogP contribution in [0.1, 0.15) is 54.4 Å². The molecule has 4 rings (SSSR count). The molecule has 0 fully saturated rings. The van der Waals surface area contributed by atoms with Crippen LogP contribution in [0.2, 0.25) is 5.02 Å². The summed E-state index contributed by atoms with van der Waals surface area (Å²) in [7, 11) is -1.37. The second kappa shape index (κ2) is 15.2. The van der Waals surface area contributed by atoms with E-state index >= 15 is 0 Å². The minimum Gasteiger partial charge on any atom is -0.494 e. The molecule has 2 unspecified atom stereocenters. The van der Waals surface area contributed by atoms with Crippen molar-refractivity contribution in [1.29, 1.82) is 0 Å². The molecule has 0 saturated carbocycles. The Hall–Kier alpha value is -2.60. The Labute approximate surface area is 254 Å². The fourth-order valence-electron chi connectivity index (χ4n) is 5.30. The Bertz CT molecular complexity index is 1370. The average Bonchev–Trinajstić information content (AvgIpc) is 2.99. The molecule has 0 bridgehead atoms. The third kappa shape index (κ3) is 8.72. The highest BCUT2D eigenvalue weighted by molar-refractivity contribution is 7.59. The summed E-state index contributed by atoms with van der Waals surface area (Å²) in [5.74, 6) is -2.29. The molecule has 1 aliphatic rings. The van der Waals surface area contributed by atoms with Crippen molar-refractivity contribution in [2.45, 2.75) is 51.2 Å². The molecular weight excluding hydrogens is 575 g/mol. The predicted octanol–water partition coefficient (Wildman–Crippen LogP) is 7.92. The molecule has 0 radical (unpaired) electrons. The molecule has 2 atom stereocenters. The molecule has 42 heavy (non-hydrogen) atoms. The quantitative estimate of drug-likeness (QED) is 0.143. The van der Waals surface area contributed by atoms with E-state index in [1.165, 1.54) is 17.2 Å². The number of aliphatic hydroxyl groups excluding tert-OH is 1. The van der Waals surface area contributed by atoms with E-state index in [1.807, 2.05) is 24.3 Å². The fourth-order valence-corrected chi connectivity index (χ4v) is 6.53. The van der Waals surface area contributed by atoms with E-state index in [0.717, 1.165) is 19.8 Å². The van der Waals surface area contributed by atoms with Crippen LogP contribution in [0.4, 0.5) is 8.78 Å². The van der Waals surface area contributed by atoms with Crippen LogP contribution in [0.3, 0.4) is 0 Å². The summed E-state index contributed by atoms with van der Waals surface area (Å²) < 4.78 is 34.6. The summed E-state index contributed by atoms with van der Waals surface area (Å²) >= 11 is 6.56. The van der Waals surface area contributed by atoms with Crippen LogP contribution < -0.4 is 10.0 Å². The zero-order chi connectivity index (χ0) is 30.1. The maximum Gasteiger partial charge on any atom is 0.271 e. The summed E-state index contributed by atoms with van der Waals surface area (Å²) in [6.07, 6.45) is 9.41. The van der Waals surface area contributed by atoms with Crippen molar-refractivity contribution in [3.63, 3.8) is 0 Å². The van der Waals surface area contributed by atoms with Crippen molar-refractivity contribution in [3.05, 3.63) is 118 Å². The second-order valence-corrected chi connectivity index (χ2v) is 12.6.